The van der Waals surface area contributed by atoms with Crippen LogP contribution in [0.1, 0.15) is 58.3 Å². The molecule has 0 bridgehead atoms. The van der Waals surface area contributed by atoms with Gasteiger partial charge in [0.25, 0.3) is 5.91 Å². The first kappa shape index (κ1) is 38.0. The number of carbonyl (C=O) groups excluding carboxylic acids is 5. The van der Waals surface area contributed by atoms with Crippen LogP contribution in [0.3, 0.4) is 0 Å². The van der Waals surface area contributed by atoms with Crippen molar-refractivity contribution < 1.29 is 38.2 Å². The van der Waals surface area contributed by atoms with E-state index < -0.39 is 41.9 Å². The summed E-state index contributed by atoms with van der Waals surface area (Å²) in [6, 6.07) is 37.4. The Morgan fingerprint density at radius 2 is 1.25 bits per heavy atom. The Kier molecular flexibility index (Phi) is 13.9. The molecule has 5 aromatic carbocycles. The molecule has 0 saturated heterocycles. The van der Waals surface area contributed by atoms with Crippen LogP contribution in [0.25, 0.3) is 10.8 Å². The second kappa shape index (κ2) is 19.4. The zero-order chi connectivity index (χ0) is 37.4. The van der Waals surface area contributed by atoms with Crippen molar-refractivity contribution in [3.63, 3.8) is 0 Å². The lowest BCUT2D eigenvalue weighted by Gasteiger charge is -2.23. The number of ether oxygens (including phenoxy) is 3. The number of benzene rings is 5. The number of primary amides is 1. The van der Waals surface area contributed by atoms with Gasteiger partial charge in [0.15, 0.2) is 0 Å². The van der Waals surface area contributed by atoms with E-state index in [0.29, 0.717) is 5.56 Å². The molecule has 0 aliphatic heterocycles. The SMILES string of the molecule is NC(=O)C[C@H](Cc1ccc2ccccc2c1)OC(=O)[C@H](CCCC(=O)OCc1ccccc1)NC(=O)c1ccccc1CC(=O)OCc1ccccc1. The molecule has 0 saturated carbocycles. The molecule has 5 rings (SSSR count). The minimum atomic E-state index is -1.20. The average Bonchev–Trinajstić information content (AvgIpc) is 3.16. The Labute approximate surface area is 308 Å². The van der Waals surface area contributed by atoms with Crippen molar-refractivity contribution in [3.8, 4) is 0 Å². The fourth-order valence-electron chi connectivity index (χ4n) is 5.84. The second-order valence-corrected chi connectivity index (χ2v) is 12.7. The van der Waals surface area contributed by atoms with Crippen LogP contribution < -0.4 is 11.1 Å². The standard InChI is InChI=1S/C43H42N2O8/c44-39(46)27-36(25-32-22-23-33-16-7-8-17-34(33)24-32)53-43(50)38(20-11-21-40(47)51-28-30-12-3-1-4-13-30)45-42(49)37-19-10-9-18-35(37)26-41(48)52-29-31-14-5-2-6-15-31/h1-10,12-19,22-24,36,38H,11,20-21,25-29H2,(H2,44,46)(H,45,49)/t36-,38-/m0/s1. The highest BCUT2D eigenvalue weighted by Crippen LogP contribution is 2.20. The van der Waals surface area contributed by atoms with Gasteiger partial charge in [-0.05, 0) is 51.9 Å². The highest BCUT2D eigenvalue weighted by Gasteiger charge is 2.28. The molecule has 0 fully saturated rings. The first-order valence-electron chi connectivity index (χ1n) is 17.5. The van der Waals surface area contributed by atoms with E-state index in [9.17, 15) is 24.0 Å². The Hall–Kier alpha value is -6.29. The summed E-state index contributed by atoms with van der Waals surface area (Å²) in [6.07, 6.45) is -0.914. The highest BCUT2D eigenvalue weighted by molar-refractivity contribution is 5.99. The minimum absolute atomic E-state index is 0.0157. The third-order valence-corrected chi connectivity index (χ3v) is 8.53. The molecule has 0 spiro atoms. The molecule has 0 aromatic heterocycles. The van der Waals surface area contributed by atoms with E-state index >= 15 is 0 Å². The van der Waals surface area contributed by atoms with Crippen molar-refractivity contribution in [1.29, 1.82) is 0 Å². The number of nitrogens with one attached hydrogen (secondary N) is 1. The quantitative estimate of drug-likeness (QED) is 0.0809. The summed E-state index contributed by atoms with van der Waals surface area (Å²) in [5.41, 5.74) is 8.63. The lowest BCUT2D eigenvalue weighted by Crippen LogP contribution is -2.44. The molecule has 0 aliphatic carbocycles. The summed E-state index contributed by atoms with van der Waals surface area (Å²) >= 11 is 0. The van der Waals surface area contributed by atoms with Gasteiger partial charge in [-0.2, -0.15) is 0 Å². The van der Waals surface area contributed by atoms with Crippen molar-refractivity contribution >= 4 is 40.5 Å². The zero-order valence-electron chi connectivity index (χ0n) is 29.3. The van der Waals surface area contributed by atoms with E-state index in [1.54, 1.807) is 24.3 Å². The van der Waals surface area contributed by atoms with E-state index in [2.05, 4.69) is 5.32 Å². The van der Waals surface area contributed by atoms with Crippen LogP contribution in [-0.2, 0) is 59.4 Å². The summed E-state index contributed by atoms with van der Waals surface area (Å²) in [5, 5.41) is 4.77. The third-order valence-electron chi connectivity index (χ3n) is 8.53. The normalized spacial score (nSPS) is 11.9. The fourth-order valence-corrected chi connectivity index (χ4v) is 5.84. The van der Waals surface area contributed by atoms with Crippen LogP contribution in [0.15, 0.2) is 127 Å². The van der Waals surface area contributed by atoms with Gasteiger partial charge in [0.05, 0.1) is 12.8 Å². The van der Waals surface area contributed by atoms with E-state index in [1.165, 1.54) is 0 Å². The summed E-state index contributed by atoms with van der Waals surface area (Å²) < 4.78 is 16.7. The molecule has 10 heteroatoms. The van der Waals surface area contributed by atoms with E-state index in [0.717, 1.165) is 27.5 Å². The molecule has 5 aromatic rings. The third kappa shape index (κ3) is 12.2. The summed E-state index contributed by atoms with van der Waals surface area (Å²) in [5.74, 6) is -3.05. The molecule has 0 aliphatic rings. The van der Waals surface area contributed by atoms with Crippen molar-refractivity contribution in [3.05, 3.63) is 155 Å². The number of hydrogen-bond acceptors (Lipinski definition) is 8. The molecule has 0 heterocycles. The summed E-state index contributed by atoms with van der Waals surface area (Å²) in [4.78, 5) is 64.9. The van der Waals surface area contributed by atoms with Gasteiger partial charge in [0, 0.05) is 18.4 Å². The number of carbonyl (C=O) groups is 5. The van der Waals surface area contributed by atoms with E-state index in [1.807, 2.05) is 103 Å². The first-order valence-corrected chi connectivity index (χ1v) is 17.5. The smallest absolute Gasteiger partial charge is 0.328 e. The van der Waals surface area contributed by atoms with E-state index in [4.69, 9.17) is 19.9 Å². The van der Waals surface area contributed by atoms with Crippen LogP contribution in [-0.4, -0.2) is 41.9 Å². The molecular formula is C43H42N2O8. The molecule has 272 valence electrons. The number of rotatable bonds is 18. The maximum atomic E-state index is 13.8. The van der Waals surface area contributed by atoms with Gasteiger partial charge in [0.2, 0.25) is 5.91 Å². The van der Waals surface area contributed by atoms with Gasteiger partial charge in [-0.25, -0.2) is 4.79 Å². The Morgan fingerprint density at radius 1 is 0.642 bits per heavy atom. The summed E-state index contributed by atoms with van der Waals surface area (Å²) in [6.45, 7) is 0.192. The predicted octanol–water partition coefficient (Wildman–Crippen LogP) is 6.17. The number of fused-ring (bicyclic) bond motifs is 1. The van der Waals surface area contributed by atoms with Crippen LogP contribution in [0.2, 0.25) is 0 Å². The van der Waals surface area contributed by atoms with Crippen LogP contribution >= 0.6 is 0 Å². The molecule has 2 amide bonds. The van der Waals surface area contributed by atoms with E-state index in [-0.39, 0.29) is 57.3 Å². The second-order valence-electron chi connectivity index (χ2n) is 12.7. The molecule has 10 nitrogen and oxygen atoms in total. The van der Waals surface area contributed by atoms with Gasteiger partial charge < -0.3 is 25.3 Å². The number of hydrogen-bond donors (Lipinski definition) is 2. The van der Waals surface area contributed by atoms with Gasteiger partial charge >= 0.3 is 17.9 Å². The minimum Gasteiger partial charge on any atom is -0.461 e. The average molecular weight is 715 g/mol. The lowest BCUT2D eigenvalue weighted by atomic mass is 10.0. The molecular weight excluding hydrogens is 672 g/mol. The van der Waals surface area contributed by atoms with Crippen LogP contribution in [0, 0.1) is 0 Å². The monoisotopic (exact) mass is 714 g/mol. The highest BCUT2D eigenvalue weighted by atomic mass is 16.5. The Bertz CT molecular complexity index is 2020. The Balaban J connectivity index is 1.28. The first-order chi connectivity index (χ1) is 25.7. The van der Waals surface area contributed by atoms with Crippen molar-refractivity contribution in [2.45, 2.75) is 63.9 Å². The van der Waals surface area contributed by atoms with Gasteiger partial charge in [-0.3, -0.25) is 19.2 Å². The number of esters is 3. The zero-order valence-corrected chi connectivity index (χ0v) is 29.3. The number of amides is 2. The molecule has 3 N–H and O–H groups in total. The fraction of sp³-hybridized carbons (Fsp3) is 0.233. The topological polar surface area (TPSA) is 151 Å². The van der Waals surface area contributed by atoms with Crippen molar-refractivity contribution in [2.75, 3.05) is 0 Å². The van der Waals surface area contributed by atoms with Crippen molar-refractivity contribution in [2.24, 2.45) is 5.73 Å². The van der Waals surface area contributed by atoms with Crippen molar-refractivity contribution in [1.82, 2.24) is 5.32 Å². The molecule has 53 heavy (non-hydrogen) atoms. The molecule has 0 radical (unpaired) electrons. The van der Waals surface area contributed by atoms with Gasteiger partial charge in [0.1, 0.15) is 25.4 Å². The maximum absolute atomic E-state index is 13.8. The van der Waals surface area contributed by atoms with Crippen LogP contribution in [0.4, 0.5) is 0 Å². The molecule has 0 unspecified atom stereocenters. The maximum Gasteiger partial charge on any atom is 0.328 e. The number of nitrogens with two attached hydrogens (primary N) is 1. The summed E-state index contributed by atoms with van der Waals surface area (Å²) in [7, 11) is 0. The Morgan fingerprint density at radius 3 is 1.92 bits per heavy atom. The van der Waals surface area contributed by atoms with Crippen LogP contribution in [0.5, 0.6) is 0 Å². The van der Waals surface area contributed by atoms with Gasteiger partial charge in [-0.15, -0.1) is 0 Å². The predicted molar refractivity (Wildman–Crippen MR) is 199 cm³/mol. The molecule has 2 atom stereocenters. The van der Waals surface area contributed by atoms with Gasteiger partial charge in [-0.1, -0.05) is 121 Å². The largest absolute Gasteiger partial charge is 0.461 e. The lowest BCUT2D eigenvalue weighted by molar-refractivity contribution is -0.153.